The summed E-state index contributed by atoms with van der Waals surface area (Å²) in [5.41, 5.74) is 2.28. The van der Waals surface area contributed by atoms with E-state index in [-0.39, 0.29) is 11.5 Å². The van der Waals surface area contributed by atoms with E-state index in [4.69, 9.17) is 21.3 Å². The molecule has 0 amide bonds. The van der Waals surface area contributed by atoms with E-state index in [0.29, 0.717) is 11.8 Å². The molecule has 118 valence electrons. The number of rotatable bonds is 2. The van der Waals surface area contributed by atoms with Crippen molar-refractivity contribution in [2.75, 3.05) is 24.6 Å². The predicted molar refractivity (Wildman–Crippen MR) is 91.0 cm³/mol. The van der Waals surface area contributed by atoms with Gasteiger partial charge in [-0.3, -0.25) is 0 Å². The van der Waals surface area contributed by atoms with Gasteiger partial charge in [0.05, 0.1) is 18.8 Å². The van der Waals surface area contributed by atoms with Crippen LogP contribution in [0.4, 0.5) is 5.69 Å². The summed E-state index contributed by atoms with van der Waals surface area (Å²) in [6.45, 7) is 8.87. The Morgan fingerprint density at radius 1 is 1.41 bits per heavy atom. The number of hydrogen-bond donors (Lipinski definition) is 0. The molecule has 3 rings (SSSR count). The highest BCUT2D eigenvalue weighted by atomic mass is 35.5. The Kier molecular flexibility index (Phi) is 4.39. The first-order valence-electron chi connectivity index (χ1n) is 7.37. The van der Waals surface area contributed by atoms with Gasteiger partial charge in [-0.2, -0.15) is 0 Å². The molecule has 1 aliphatic heterocycles. The number of pyridine rings is 1. The SMILES string of the molecule is CC(C)(C)c1csc(C2CN(c3ccnc(Cl)c3)CCO2)n1. The lowest BCUT2D eigenvalue weighted by Gasteiger charge is -2.33. The van der Waals surface area contributed by atoms with Crippen molar-refractivity contribution in [1.82, 2.24) is 9.97 Å². The average molecular weight is 338 g/mol. The van der Waals surface area contributed by atoms with E-state index in [1.54, 1.807) is 17.5 Å². The standard InChI is InChI=1S/C16H20ClN3OS/c1-16(2,3)13-10-22-15(19-13)12-9-20(6-7-21-12)11-4-5-18-14(17)8-11/h4-5,8,10,12H,6-7,9H2,1-3H3. The maximum absolute atomic E-state index is 5.99. The molecule has 1 saturated heterocycles. The topological polar surface area (TPSA) is 38.2 Å². The van der Waals surface area contributed by atoms with Crippen molar-refractivity contribution < 1.29 is 4.74 Å². The number of morpholine rings is 1. The van der Waals surface area contributed by atoms with Crippen LogP contribution in [0.15, 0.2) is 23.7 Å². The fourth-order valence-corrected chi connectivity index (χ4v) is 3.65. The second kappa shape index (κ2) is 6.14. The molecule has 1 unspecified atom stereocenters. The number of hydrogen-bond acceptors (Lipinski definition) is 5. The minimum absolute atomic E-state index is 0.0155. The van der Waals surface area contributed by atoms with Gasteiger partial charge in [0.15, 0.2) is 0 Å². The summed E-state index contributed by atoms with van der Waals surface area (Å²) in [4.78, 5) is 11.1. The molecule has 3 heterocycles. The zero-order valence-corrected chi connectivity index (χ0v) is 14.6. The van der Waals surface area contributed by atoms with Gasteiger partial charge in [0.1, 0.15) is 16.3 Å². The van der Waals surface area contributed by atoms with Crippen LogP contribution in [0.1, 0.15) is 37.6 Å². The van der Waals surface area contributed by atoms with Gasteiger partial charge in [0, 0.05) is 29.2 Å². The third-order valence-corrected chi connectivity index (χ3v) is 4.85. The van der Waals surface area contributed by atoms with Crippen LogP contribution in [0.2, 0.25) is 5.15 Å². The van der Waals surface area contributed by atoms with Crippen LogP contribution in [0, 0.1) is 0 Å². The summed E-state index contributed by atoms with van der Waals surface area (Å²) in [5, 5.41) is 3.71. The fourth-order valence-electron chi connectivity index (χ4n) is 2.40. The number of halogens is 1. The molecule has 4 nitrogen and oxygen atoms in total. The van der Waals surface area contributed by atoms with Crippen LogP contribution < -0.4 is 4.90 Å². The molecular formula is C16H20ClN3OS. The Morgan fingerprint density at radius 3 is 2.91 bits per heavy atom. The number of aromatic nitrogens is 2. The molecule has 0 radical (unpaired) electrons. The van der Waals surface area contributed by atoms with Crippen molar-refractivity contribution in [2.24, 2.45) is 0 Å². The van der Waals surface area contributed by atoms with Gasteiger partial charge < -0.3 is 9.64 Å². The third-order valence-electron chi connectivity index (χ3n) is 3.71. The van der Waals surface area contributed by atoms with Gasteiger partial charge in [-0.1, -0.05) is 32.4 Å². The molecule has 1 fully saturated rings. The van der Waals surface area contributed by atoms with Crippen molar-refractivity contribution >= 4 is 28.6 Å². The first-order valence-corrected chi connectivity index (χ1v) is 8.63. The third kappa shape index (κ3) is 3.42. The highest BCUT2D eigenvalue weighted by molar-refractivity contribution is 7.09. The number of nitrogens with zero attached hydrogens (tertiary/aromatic N) is 3. The number of anilines is 1. The zero-order chi connectivity index (χ0) is 15.7. The molecule has 1 atom stereocenters. The second-order valence-electron chi connectivity index (χ2n) is 6.46. The van der Waals surface area contributed by atoms with Gasteiger partial charge in [0.25, 0.3) is 0 Å². The van der Waals surface area contributed by atoms with Crippen LogP contribution in [-0.4, -0.2) is 29.7 Å². The monoisotopic (exact) mass is 337 g/mol. The highest BCUT2D eigenvalue weighted by Gasteiger charge is 2.26. The Hall–Kier alpha value is -1.17. The normalized spacial score (nSPS) is 19.5. The molecule has 22 heavy (non-hydrogen) atoms. The molecule has 2 aromatic rings. The average Bonchev–Trinajstić information content (AvgIpc) is 2.97. The van der Waals surface area contributed by atoms with Gasteiger partial charge in [-0.25, -0.2) is 9.97 Å². The number of thiazole rings is 1. The summed E-state index contributed by atoms with van der Waals surface area (Å²) < 4.78 is 5.93. The van der Waals surface area contributed by atoms with Gasteiger partial charge in [-0.15, -0.1) is 11.3 Å². The summed E-state index contributed by atoms with van der Waals surface area (Å²) in [6, 6.07) is 3.88. The molecule has 0 saturated carbocycles. The lowest BCUT2D eigenvalue weighted by Crippen LogP contribution is -2.38. The molecule has 0 aliphatic carbocycles. The smallest absolute Gasteiger partial charge is 0.131 e. The Bertz CT molecular complexity index is 653. The predicted octanol–water partition coefficient (Wildman–Crippen LogP) is 4.07. The summed E-state index contributed by atoms with van der Waals surface area (Å²) in [6.07, 6.45) is 1.75. The van der Waals surface area contributed by atoms with Gasteiger partial charge in [0.2, 0.25) is 0 Å². The maximum atomic E-state index is 5.99. The highest BCUT2D eigenvalue weighted by Crippen LogP contribution is 2.31. The van der Waals surface area contributed by atoms with Gasteiger partial charge >= 0.3 is 0 Å². The van der Waals surface area contributed by atoms with Crippen molar-refractivity contribution in [3.05, 3.63) is 39.6 Å². The Morgan fingerprint density at radius 2 is 2.23 bits per heavy atom. The van der Waals surface area contributed by atoms with E-state index >= 15 is 0 Å². The minimum Gasteiger partial charge on any atom is -0.367 e. The van der Waals surface area contributed by atoms with E-state index in [1.165, 1.54) is 0 Å². The quantitative estimate of drug-likeness (QED) is 0.774. The molecule has 0 aromatic carbocycles. The molecule has 0 bridgehead atoms. The van der Waals surface area contributed by atoms with Crippen LogP contribution in [0.5, 0.6) is 0 Å². The van der Waals surface area contributed by atoms with Crippen LogP contribution in [-0.2, 0) is 10.2 Å². The fraction of sp³-hybridized carbons (Fsp3) is 0.500. The van der Waals surface area contributed by atoms with Crippen molar-refractivity contribution in [2.45, 2.75) is 32.3 Å². The van der Waals surface area contributed by atoms with Crippen LogP contribution in [0.3, 0.4) is 0 Å². The van der Waals surface area contributed by atoms with E-state index in [2.05, 4.69) is 36.0 Å². The minimum atomic E-state index is 0.0155. The van der Waals surface area contributed by atoms with E-state index in [1.807, 2.05) is 12.1 Å². The summed E-state index contributed by atoms with van der Waals surface area (Å²) in [7, 11) is 0. The van der Waals surface area contributed by atoms with Crippen molar-refractivity contribution in [3.8, 4) is 0 Å². The Labute approximate surface area is 140 Å². The largest absolute Gasteiger partial charge is 0.367 e. The zero-order valence-electron chi connectivity index (χ0n) is 13.0. The van der Waals surface area contributed by atoms with Crippen molar-refractivity contribution in [3.63, 3.8) is 0 Å². The van der Waals surface area contributed by atoms with Gasteiger partial charge in [-0.05, 0) is 12.1 Å². The lowest BCUT2D eigenvalue weighted by atomic mass is 9.93. The van der Waals surface area contributed by atoms with Crippen LogP contribution >= 0.6 is 22.9 Å². The molecule has 6 heteroatoms. The van der Waals surface area contributed by atoms with Crippen LogP contribution in [0.25, 0.3) is 0 Å². The Balaban J connectivity index is 1.77. The molecule has 2 aromatic heterocycles. The molecule has 0 spiro atoms. The molecular weight excluding hydrogens is 318 g/mol. The first kappa shape index (κ1) is 15.7. The first-order chi connectivity index (χ1) is 10.4. The molecule has 1 aliphatic rings. The number of ether oxygens (including phenoxy) is 1. The van der Waals surface area contributed by atoms with E-state index in [0.717, 1.165) is 29.5 Å². The van der Waals surface area contributed by atoms with Crippen molar-refractivity contribution in [1.29, 1.82) is 0 Å². The van der Waals surface area contributed by atoms with E-state index in [9.17, 15) is 0 Å². The van der Waals surface area contributed by atoms with E-state index < -0.39 is 0 Å². The second-order valence-corrected chi connectivity index (χ2v) is 7.74. The lowest BCUT2D eigenvalue weighted by molar-refractivity contribution is 0.0395. The summed E-state index contributed by atoms with van der Waals surface area (Å²) in [5.74, 6) is 0. The molecule has 0 N–H and O–H groups in total. The summed E-state index contributed by atoms with van der Waals surface area (Å²) >= 11 is 7.67. The maximum Gasteiger partial charge on any atom is 0.131 e.